The summed E-state index contributed by atoms with van der Waals surface area (Å²) in [5.74, 6) is -0.522. The molecule has 2 N–H and O–H groups in total. The molecule has 2 aromatic rings. The Bertz CT molecular complexity index is 1060. The van der Waals surface area contributed by atoms with Crippen molar-refractivity contribution in [3.8, 4) is 5.75 Å². The van der Waals surface area contributed by atoms with E-state index in [1.54, 1.807) is 12.1 Å². The summed E-state index contributed by atoms with van der Waals surface area (Å²) in [6.45, 7) is 2.18. The molecule has 0 bridgehead atoms. The van der Waals surface area contributed by atoms with Crippen LogP contribution in [0.15, 0.2) is 42.5 Å². The number of nitrogens with one attached hydrogen (secondary N) is 1. The Balaban J connectivity index is 0.00000420. The maximum Gasteiger partial charge on any atom is 0.416 e. The molecule has 0 radical (unpaired) electrons. The Morgan fingerprint density at radius 2 is 1.45 bits per heavy atom. The second-order valence-electron chi connectivity index (χ2n) is 9.99. The molecule has 1 unspecified atom stereocenters. The number of phenolic OH excluding ortho intramolecular Hbond substituents is 1. The molecule has 2 aromatic carbocycles. The third-order valence-corrected chi connectivity index (χ3v) is 7.38. The monoisotopic (exact) mass is 545 g/mol. The molecule has 1 amide bonds. The van der Waals surface area contributed by atoms with Crippen LogP contribution in [0.3, 0.4) is 0 Å². The highest BCUT2D eigenvalue weighted by molar-refractivity contribution is 5.83. The van der Waals surface area contributed by atoms with Crippen LogP contribution in [0.2, 0.25) is 0 Å². The zero-order valence-electron chi connectivity index (χ0n) is 20.8. The molecule has 1 heterocycles. The molecular formula is C27H33F6N3O2. The van der Waals surface area contributed by atoms with E-state index >= 15 is 0 Å². The van der Waals surface area contributed by atoms with Crippen LogP contribution in [0.5, 0.6) is 5.75 Å². The van der Waals surface area contributed by atoms with E-state index in [0.717, 1.165) is 25.9 Å². The molecule has 4 rings (SSSR count). The fourth-order valence-corrected chi connectivity index (χ4v) is 5.40. The van der Waals surface area contributed by atoms with Crippen LogP contribution >= 0.6 is 0 Å². The van der Waals surface area contributed by atoms with Gasteiger partial charge in [-0.2, -0.15) is 26.3 Å². The molecule has 210 valence electrons. The van der Waals surface area contributed by atoms with E-state index in [4.69, 9.17) is 0 Å². The number of alkyl halides is 6. The number of rotatable bonds is 6. The maximum absolute atomic E-state index is 13.4. The third-order valence-electron chi connectivity index (χ3n) is 7.38. The molecule has 1 aliphatic heterocycles. The van der Waals surface area contributed by atoms with E-state index in [2.05, 4.69) is 10.2 Å². The number of carbonyl (C=O) groups excluding carboxylic acids is 1. The minimum absolute atomic E-state index is 0. The van der Waals surface area contributed by atoms with E-state index < -0.39 is 42.0 Å². The van der Waals surface area contributed by atoms with Crippen LogP contribution in [-0.2, 0) is 23.7 Å². The Kier molecular flexibility index (Phi) is 8.56. The van der Waals surface area contributed by atoms with E-state index in [-0.39, 0.29) is 18.8 Å². The minimum atomic E-state index is -4.97. The number of halogens is 6. The zero-order chi connectivity index (χ0) is 27.5. The van der Waals surface area contributed by atoms with Crippen LogP contribution in [0.25, 0.3) is 0 Å². The van der Waals surface area contributed by atoms with Crippen molar-refractivity contribution in [2.45, 2.75) is 63.1 Å². The zero-order valence-corrected chi connectivity index (χ0v) is 20.8. The summed E-state index contributed by atoms with van der Waals surface area (Å²) in [4.78, 5) is 17.8. The van der Waals surface area contributed by atoms with Crippen LogP contribution in [-0.4, -0.2) is 53.0 Å². The molecule has 1 aliphatic carbocycles. The lowest BCUT2D eigenvalue weighted by atomic mass is 9.93. The number of aromatic hydroxyl groups is 1. The van der Waals surface area contributed by atoms with Crippen LogP contribution in [0, 0.1) is 0 Å². The molecule has 1 saturated carbocycles. The van der Waals surface area contributed by atoms with Crippen molar-refractivity contribution in [3.63, 3.8) is 0 Å². The molecule has 2 aliphatic rings. The van der Waals surface area contributed by atoms with Gasteiger partial charge in [0.05, 0.1) is 11.1 Å². The molecule has 0 aromatic heterocycles. The van der Waals surface area contributed by atoms with Gasteiger partial charge in [0.1, 0.15) is 11.8 Å². The van der Waals surface area contributed by atoms with Crippen molar-refractivity contribution < 1.29 is 37.7 Å². The van der Waals surface area contributed by atoms with Gasteiger partial charge in [0.2, 0.25) is 5.91 Å². The van der Waals surface area contributed by atoms with Crippen LogP contribution < -0.4 is 5.32 Å². The lowest BCUT2D eigenvalue weighted by molar-refractivity contribution is -0.143. The summed E-state index contributed by atoms with van der Waals surface area (Å²) in [7, 11) is 0. The number of benzene rings is 2. The third kappa shape index (κ3) is 6.99. The first-order chi connectivity index (χ1) is 17.9. The number of amides is 1. The number of carbonyl (C=O) groups is 1. The Morgan fingerprint density at radius 1 is 0.895 bits per heavy atom. The number of hydrogen-bond donors (Lipinski definition) is 2. The predicted molar refractivity (Wildman–Crippen MR) is 131 cm³/mol. The lowest BCUT2D eigenvalue weighted by Gasteiger charge is -2.43. The van der Waals surface area contributed by atoms with Gasteiger partial charge in [-0.25, -0.2) is 0 Å². The van der Waals surface area contributed by atoms with Gasteiger partial charge in [0.15, 0.2) is 0 Å². The summed E-state index contributed by atoms with van der Waals surface area (Å²) in [5, 5.41) is 12.2. The smallest absolute Gasteiger partial charge is 0.416 e. The average Bonchev–Trinajstić information content (AvgIpc) is 2.88. The molecular weight excluding hydrogens is 512 g/mol. The van der Waals surface area contributed by atoms with E-state index in [1.165, 1.54) is 31.4 Å². The summed E-state index contributed by atoms with van der Waals surface area (Å²) < 4.78 is 79.4. The highest BCUT2D eigenvalue weighted by Crippen LogP contribution is 2.36. The molecule has 38 heavy (non-hydrogen) atoms. The van der Waals surface area contributed by atoms with Gasteiger partial charge in [0, 0.05) is 40.2 Å². The Hall–Kier alpha value is -2.79. The average molecular weight is 546 g/mol. The Labute approximate surface area is 218 Å². The normalized spacial score (nSPS) is 19.3. The molecule has 11 heteroatoms. The summed E-state index contributed by atoms with van der Waals surface area (Å²) in [5.41, 5.74) is -2.57. The van der Waals surface area contributed by atoms with Crippen molar-refractivity contribution >= 4 is 5.91 Å². The van der Waals surface area contributed by atoms with E-state index in [9.17, 15) is 36.2 Å². The molecule has 1 atom stereocenters. The Morgan fingerprint density at radius 3 is 1.97 bits per heavy atom. The highest BCUT2D eigenvalue weighted by Gasteiger charge is 2.37. The maximum atomic E-state index is 13.4. The van der Waals surface area contributed by atoms with E-state index in [1.807, 2.05) is 4.90 Å². The second-order valence-corrected chi connectivity index (χ2v) is 9.99. The predicted octanol–water partition coefficient (Wildman–Crippen LogP) is 5.98. The fraction of sp³-hybridized carbons (Fsp3) is 0.519. The largest absolute Gasteiger partial charge is 0.508 e. The van der Waals surface area contributed by atoms with Crippen molar-refractivity contribution in [2.24, 2.45) is 0 Å². The molecule has 5 nitrogen and oxygen atoms in total. The topological polar surface area (TPSA) is 55.8 Å². The first-order valence-electron chi connectivity index (χ1n) is 12.7. The van der Waals surface area contributed by atoms with Crippen molar-refractivity contribution in [2.75, 3.05) is 26.2 Å². The summed E-state index contributed by atoms with van der Waals surface area (Å²) in [6, 6.07) is 7.09. The van der Waals surface area contributed by atoms with Gasteiger partial charge in [-0.1, -0.05) is 31.4 Å². The SMILES string of the molecule is O=C(NCc1cc(C(F)(F)F)cc(C(F)(F)F)c1)C(c1ccc(O)cc1)N1CCN(C2CCCCC2)CC1.[HH]. The van der Waals surface area contributed by atoms with Crippen LogP contribution in [0.1, 0.15) is 61.8 Å². The molecule has 2 fully saturated rings. The van der Waals surface area contributed by atoms with Crippen LogP contribution in [0.4, 0.5) is 26.3 Å². The second kappa shape index (κ2) is 11.5. The quantitative estimate of drug-likeness (QED) is 0.439. The first kappa shape index (κ1) is 28.2. The summed E-state index contributed by atoms with van der Waals surface area (Å²) >= 11 is 0. The highest BCUT2D eigenvalue weighted by atomic mass is 19.4. The van der Waals surface area contributed by atoms with Gasteiger partial charge < -0.3 is 10.4 Å². The van der Waals surface area contributed by atoms with Gasteiger partial charge in [-0.05, 0) is 54.3 Å². The number of nitrogens with zero attached hydrogens (tertiary/aromatic N) is 2. The van der Waals surface area contributed by atoms with Gasteiger partial charge in [0.25, 0.3) is 0 Å². The van der Waals surface area contributed by atoms with Gasteiger partial charge in [-0.3, -0.25) is 14.6 Å². The van der Waals surface area contributed by atoms with E-state index in [0.29, 0.717) is 36.8 Å². The lowest BCUT2D eigenvalue weighted by Crippen LogP contribution is -2.53. The van der Waals surface area contributed by atoms with Crippen molar-refractivity contribution in [1.29, 1.82) is 0 Å². The minimum Gasteiger partial charge on any atom is -0.508 e. The summed E-state index contributed by atoms with van der Waals surface area (Å²) in [6.07, 6.45) is -3.98. The standard InChI is InChI=1S/C27H31F6N3O2.H2/c28-26(29,30)20-14-18(15-21(16-20)27(31,32)33)17-34-25(38)24(19-6-8-23(37)9-7-19)36-12-10-35(11-13-36)22-4-2-1-3-5-22;/h6-9,14-16,22,24,37H,1-5,10-13,17H2,(H,34,38);1H. The fourth-order valence-electron chi connectivity index (χ4n) is 5.40. The van der Waals surface area contributed by atoms with Crippen molar-refractivity contribution in [1.82, 2.24) is 15.1 Å². The first-order valence-corrected chi connectivity index (χ1v) is 12.7. The van der Waals surface area contributed by atoms with Gasteiger partial charge in [-0.15, -0.1) is 0 Å². The number of phenols is 1. The molecule has 0 spiro atoms. The number of hydrogen-bond acceptors (Lipinski definition) is 4. The van der Waals surface area contributed by atoms with Crippen molar-refractivity contribution in [3.05, 3.63) is 64.7 Å². The molecule has 1 saturated heterocycles. The number of piperazine rings is 1. The van der Waals surface area contributed by atoms with Gasteiger partial charge >= 0.3 is 12.4 Å².